The number of hydrogen-bond donors (Lipinski definition) is 0. The predicted octanol–water partition coefficient (Wildman–Crippen LogP) is 20.5. The van der Waals surface area contributed by atoms with E-state index in [-0.39, 0.29) is 49.0 Å². The number of benzene rings is 10. The van der Waals surface area contributed by atoms with E-state index in [9.17, 15) is 5.48 Å². The maximum atomic E-state index is 9.19. The number of rotatable bonds is 11. The molecule has 3 heterocycles. The smallest absolute Gasteiger partial charge is 0.143 e. The number of fused-ring (bicyclic) bond motifs is 4. The molecule has 0 N–H and O–H groups in total. The predicted molar refractivity (Wildman–Crippen MR) is 340 cm³/mol. The molecule has 414 valence electrons. The Kier molecular flexibility index (Phi) is 11.2. The third-order valence-electron chi connectivity index (χ3n) is 16.5. The summed E-state index contributed by atoms with van der Waals surface area (Å²) in [6.45, 7) is 8.10. The number of para-hydroxylation sites is 4. The average molecular weight is 1280 g/mol. The number of pyridine rings is 1. The van der Waals surface area contributed by atoms with Gasteiger partial charge in [-0.25, -0.2) is 4.98 Å². The second-order valence-electron chi connectivity index (χ2n) is 22.6. The van der Waals surface area contributed by atoms with Gasteiger partial charge in [0, 0.05) is 89.7 Å². The molecule has 12 aromatic rings. The van der Waals surface area contributed by atoms with Gasteiger partial charge in [-0.3, -0.25) is 0 Å². The molecule has 0 fully saturated rings. The van der Waals surface area contributed by atoms with E-state index in [2.05, 4.69) is 110 Å². The van der Waals surface area contributed by atoms with Gasteiger partial charge in [-0.15, -0.1) is 53.6 Å². The van der Waals surface area contributed by atoms with Gasteiger partial charge in [0.2, 0.25) is 0 Å². The molecule has 1 aliphatic heterocycles. The Morgan fingerprint density at radius 2 is 1.18 bits per heavy atom. The molecule has 6 nitrogen and oxygen atoms in total. The molecule has 0 saturated carbocycles. The standard InChI is InChI=1S/C77H61N4O2.Pt/c1-77(2,3)56-45-57(79-50-80(69-40-19-18-39-68(69)79)75-61(51-23-8-4-9-24-51)34-22-35-62(75)52-25-10-5-11-26-52)47-60(46-56)82-58-41-42-64-63-33-16-17-38-67(63)81(70(64)48-58)71-49-59(43-44-78-71)83-76-73(54-27-12-6-13-28-54)65-36-20-31-53-32-21-37-66(72(53)65)74(76)55-29-14-7-15-30-55;/h4-19,22-30,33-35,38-46,49-50,53H,20-21,31-32,36-37H2,1-3H3;/q-3;/i4D,5D,8D,9D,10D,11D,23D,24D,25D,26D;. The molecule has 0 amide bonds. The van der Waals surface area contributed by atoms with Gasteiger partial charge in [0.25, 0.3) is 0 Å². The molecule has 84 heavy (non-hydrogen) atoms. The minimum Gasteiger partial charge on any atom is -0.509 e. The van der Waals surface area contributed by atoms with Gasteiger partial charge in [0.15, 0.2) is 0 Å². The van der Waals surface area contributed by atoms with Crippen molar-refractivity contribution in [1.82, 2.24) is 9.55 Å². The van der Waals surface area contributed by atoms with Crippen molar-refractivity contribution in [1.29, 1.82) is 0 Å². The first-order valence-electron chi connectivity index (χ1n) is 33.4. The summed E-state index contributed by atoms with van der Waals surface area (Å²) in [4.78, 5) is 8.75. The van der Waals surface area contributed by atoms with E-state index < -0.39 is 65.8 Å². The quantitative estimate of drug-likeness (QED) is 0.121. The van der Waals surface area contributed by atoms with E-state index >= 15 is 0 Å². The first-order chi connectivity index (χ1) is 44.9. The van der Waals surface area contributed by atoms with E-state index in [1.807, 2.05) is 83.9 Å². The molecule has 0 radical (unpaired) electrons. The van der Waals surface area contributed by atoms with Gasteiger partial charge in [-0.2, -0.15) is 6.07 Å². The van der Waals surface area contributed by atoms with Crippen molar-refractivity contribution in [2.24, 2.45) is 0 Å². The number of nitrogens with zero attached hydrogens (tertiary/aromatic N) is 4. The molecule has 0 unspecified atom stereocenters. The monoisotopic (exact) mass is 1280 g/mol. The molecule has 2 aliphatic carbocycles. The Balaban J connectivity index is 0.00000763. The van der Waals surface area contributed by atoms with Crippen molar-refractivity contribution in [3.05, 3.63) is 271 Å². The minimum absolute atomic E-state index is 0. The zero-order valence-corrected chi connectivity index (χ0v) is 48.8. The van der Waals surface area contributed by atoms with Crippen LogP contribution in [-0.2, 0) is 39.3 Å². The summed E-state index contributed by atoms with van der Waals surface area (Å²) in [5, 5.41) is 1.94. The summed E-state index contributed by atoms with van der Waals surface area (Å²) in [6.07, 6.45) is 8.47. The second-order valence-corrected chi connectivity index (χ2v) is 22.6. The molecule has 0 bridgehead atoms. The normalized spacial score (nSPS) is 15.5. The zero-order valence-electron chi connectivity index (χ0n) is 56.5. The van der Waals surface area contributed by atoms with Gasteiger partial charge in [-0.1, -0.05) is 196 Å². The SMILES string of the molecule is [2H]c1c([2H])c([2H])c(-c2cccc(-c3c([2H])c([2H])c([2H])c([2H])c3[2H])c2N2[CH-]N(c3[c-]c(Oc4[c-]c5c(cc4)c4ccccc4n5-c4cc(Oc5c(-c6ccccc6)c6c7c(c5-c5ccccc5)CCCC7CCC6)ccn4)cc(C(C)(C)C)c3)c3ccccc32)c([2H])c1[2H].[Pt]. The molecule has 15 rings (SSSR count). The number of aromatic nitrogens is 2. The van der Waals surface area contributed by atoms with Crippen LogP contribution >= 0.6 is 0 Å². The molecule has 3 aliphatic rings. The van der Waals surface area contributed by atoms with E-state index in [0.29, 0.717) is 46.0 Å². The van der Waals surface area contributed by atoms with Crippen molar-refractivity contribution in [2.45, 2.75) is 70.6 Å². The number of hydrogen-bond acceptors (Lipinski definition) is 5. The molecule has 2 aromatic heterocycles. The Labute approximate surface area is 520 Å². The third kappa shape index (κ3) is 9.47. The summed E-state index contributed by atoms with van der Waals surface area (Å²) in [5.74, 6) is 3.46. The fourth-order valence-electron chi connectivity index (χ4n) is 12.9. The van der Waals surface area contributed by atoms with Crippen LogP contribution in [0.1, 0.15) is 88.3 Å². The van der Waals surface area contributed by atoms with Gasteiger partial charge in [-0.05, 0) is 118 Å². The maximum Gasteiger partial charge on any atom is 0.143 e. The Morgan fingerprint density at radius 1 is 0.571 bits per heavy atom. The van der Waals surface area contributed by atoms with Crippen molar-refractivity contribution in [2.75, 3.05) is 9.80 Å². The van der Waals surface area contributed by atoms with Gasteiger partial charge >= 0.3 is 0 Å². The summed E-state index contributed by atoms with van der Waals surface area (Å²) in [6, 6.07) is 55.9. The van der Waals surface area contributed by atoms with Crippen LogP contribution in [0.3, 0.4) is 0 Å². The van der Waals surface area contributed by atoms with E-state index in [4.69, 9.17) is 22.7 Å². The summed E-state index contributed by atoms with van der Waals surface area (Å²) in [7, 11) is 0. The topological polar surface area (TPSA) is 42.8 Å². The zero-order chi connectivity index (χ0) is 64.3. The van der Waals surface area contributed by atoms with Crippen molar-refractivity contribution >= 4 is 44.6 Å². The second kappa shape index (κ2) is 22.0. The van der Waals surface area contributed by atoms with Gasteiger partial charge < -0.3 is 23.8 Å². The van der Waals surface area contributed by atoms with Gasteiger partial charge in [0.05, 0.1) is 13.7 Å². The van der Waals surface area contributed by atoms with Crippen LogP contribution in [0.2, 0.25) is 0 Å². The van der Waals surface area contributed by atoms with Crippen molar-refractivity contribution in [3.63, 3.8) is 0 Å². The van der Waals surface area contributed by atoms with Crippen LogP contribution in [-0.4, -0.2) is 9.55 Å². The Morgan fingerprint density at radius 3 is 1.82 bits per heavy atom. The summed E-state index contributed by atoms with van der Waals surface area (Å²) >= 11 is 0. The van der Waals surface area contributed by atoms with Crippen LogP contribution in [0.15, 0.2) is 230 Å². The van der Waals surface area contributed by atoms with E-state index in [1.54, 1.807) is 29.8 Å². The molecule has 10 aromatic carbocycles. The largest absolute Gasteiger partial charge is 0.509 e. The summed E-state index contributed by atoms with van der Waals surface area (Å²) in [5.41, 5.74) is 13.1. The fourth-order valence-corrected chi connectivity index (χ4v) is 12.9. The van der Waals surface area contributed by atoms with E-state index in [0.717, 1.165) is 81.1 Å². The molecule has 0 saturated heterocycles. The number of ether oxygens (including phenoxy) is 2. The Bertz CT molecular complexity index is 4840. The molecular formula is C77H61N4O2Pt-3. The van der Waals surface area contributed by atoms with Crippen LogP contribution in [0.4, 0.5) is 22.7 Å². The first kappa shape index (κ1) is 42.8. The van der Waals surface area contributed by atoms with Crippen LogP contribution < -0.4 is 19.3 Å². The van der Waals surface area contributed by atoms with Crippen LogP contribution in [0, 0.1) is 18.8 Å². The first-order valence-corrected chi connectivity index (χ1v) is 28.4. The van der Waals surface area contributed by atoms with Gasteiger partial charge in [0.1, 0.15) is 17.3 Å². The maximum absolute atomic E-state index is 9.19. The van der Waals surface area contributed by atoms with Crippen LogP contribution in [0.5, 0.6) is 23.0 Å². The van der Waals surface area contributed by atoms with Crippen molar-refractivity contribution in [3.8, 4) is 73.3 Å². The molecule has 0 atom stereocenters. The molecule has 0 spiro atoms. The van der Waals surface area contributed by atoms with Crippen molar-refractivity contribution < 1.29 is 44.2 Å². The minimum atomic E-state index is -0.570. The third-order valence-corrected chi connectivity index (χ3v) is 16.5. The Hall–Kier alpha value is -8.96. The fraction of sp³-hybridized carbons (Fsp3) is 0.143. The number of anilines is 4. The summed E-state index contributed by atoms with van der Waals surface area (Å²) < 4.78 is 105. The van der Waals surface area contributed by atoms with E-state index in [1.165, 1.54) is 29.5 Å². The molecular weight excluding hydrogens is 1210 g/mol. The molecule has 7 heteroatoms. The van der Waals surface area contributed by atoms with Crippen LogP contribution in [0.25, 0.3) is 72.1 Å². The average Bonchev–Trinajstić information content (AvgIpc) is 0.969.